The molecule has 0 radical (unpaired) electrons. The maximum absolute atomic E-state index is 13.7. The number of hydrogen-bond acceptors (Lipinski definition) is 3. The van der Waals surface area contributed by atoms with Crippen LogP contribution in [0.2, 0.25) is 0 Å². The van der Waals surface area contributed by atoms with E-state index in [1.807, 2.05) is 0 Å². The van der Waals surface area contributed by atoms with Crippen molar-refractivity contribution in [3.05, 3.63) is 58.9 Å². The smallest absolute Gasteiger partial charge is 0.259 e. The molecule has 0 aliphatic rings. The molecule has 0 aliphatic heterocycles. The Bertz CT molecular complexity index is 656. The quantitative estimate of drug-likeness (QED) is 0.805. The summed E-state index contributed by atoms with van der Waals surface area (Å²) in [6.45, 7) is 2.02. The lowest BCUT2D eigenvalue weighted by Gasteiger charge is -2.09. The summed E-state index contributed by atoms with van der Waals surface area (Å²) < 4.78 is 13.7. The normalized spacial score (nSPS) is 10.3. The fourth-order valence-corrected chi connectivity index (χ4v) is 1.81. The zero-order chi connectivity index (χ0) is 14.7. The highest BCUT2D eigenvalue weighted by Crippen LogP contribution is 2.21. The maximum Gasteiger partial charge on any atom is 0.259 e. The summed E-state index contributed by atoms with van der Waals surface area (Å²) in [5.74, 6) is -1.27. The molecule has 4 N–H and O–H groups in total. The van der Waals surface area contributed by atoms with E-state index < -0.39 is 11.7 Å². The van der Waals surface area contributed by atoms with Crippen molar-refractivity contribution in [3.8, 4) is 5.75 Å². The number of phenols is 1. The number of anilines is 1. The average Bonchev–Trinajstić information content (AvgIpc) is 2.40. The second-order valence-corrected chi connectivity index (χ2v) is 4.49. The lowest BCUT2D eigenvalue weighted by Crippen LogP contribution is -2.13. The van der Waals surface area contributed by atoms with Crippen LogP contribution >= 0.6 is 0 Å². The molecule has 0 fully saturated rings. The Labute approximate surface area is 116 Å². The monoisotopic (exact) mass is 274 g/mol. The second-order valence-electron chi connectivity index (χ2n) is 4.49. The Balaban J connectivity index is 2.23. The van der Waals surface area contributed by atoms with Crippen molar-refractivity contribution in [2.75, 3.05) is 5.32 Å². The standard InChI is InChI=1S/C15H15FN2O2/c1-9-2-4-11(14(19)6-9)15(20)18-13-5-3-10(8-17)7-12(13)16/h2-7,19H,8,17H2,1H3,(H,18,20). The lowest BCUT2D eigenvalue weighted by molar-refractivity contribution is 0.102. The fraction of sp³-hybridized carbons (Fsp3) is 0.133. The number of rotatable bonds is 3. The molecule has 4 nitrogen and oxygen atoms in total. The predicted octanol–water partition coefficient (Wildman–Crippen LogP) is 2.55. The molecule has 0 bridgehead atoms. The van der Waals surface area contributed by atoms with Gasteiger partial charge in [0.2, 0.25) is 0 Å². The first-order chi connectivity index (χ1) is 9.51. The summed E-state index contributed by atoms with van der Waals surface area (Å²) in [6.07, 6.45) is 0. The topological polar surface area (TPSA) is 75.4 Å². The first-order valence-corrected chi connectivity index (χ1v) is 6.10. The Morgan fingerprint density at radius 2 is 2.05 bits per heavy atom. The van der Waals surface area contributed by atoms with Crippen LogP contribution in [0.4, 0.5) is 10.1 Å². The molecule has 0 aromatic heterocycles. The van der Waals surface area contributed by atoms with Crippen LogP contribution in [-0.4, -0.2) is 11.0 Å². The minimum Gasteiger partial charge on any atom is -0.507 e. The van der Waals surface area contributed by atoms with Gasteiger partial charge in [-0.05, 0) is 42.3 Å². The number of nitrogens with one attached hydrogen (secondary N) is 1. The van der Waals surface area contributed by atoms with Crippen LogP contribution in [0, 0.1) is 12.7 Å². The number of nitrogens with two attached hydrogens (primary N) is 1. The zero-order valence-electron chi connectivity index (χ0n) is 11.0. The molecule has 2 aromatic rings. The van der Waals surface area contributed by atoms with Gasteiger partial charge >= 0.3 is 0 Å². The molecule has 0 saturated carbocycles. The lowest BCUT2D eigenvalue weighted by atomic mass is 10.1. The van der Waals surface area contributed by atoms with Gasteiger partial charge in [-0.25, -0.2) is 4.39 Å². The second kappa shape index (κ2) is 5.71. The number of hydrogen-bond donors (Lipinski definition) is 3. The molecule has 104 valence electrons. The average molecular weight is 274 g/mol. The van der Waals surface area contributed by atoms with Crippen molar-refractivity contribution in [3.63, 3.8) is 0 Å². The summed E-state index contributed by atoms with van der Waals surface area (Å²) in [4.78, 5) is 12.0. The van der Waals surface area contributed by atoms with Gasteiger partial charge in [0.15, 0.2) is 0 Å². The maximum atomic E-state index is 13.7. The molecule has 0 saturated heterocycles. The zero-order valence-corrected chi connectivity index (χ0v) is 11.0. The third kappa shape index (κ3) is 2.95. The van der Waals surface area contributed by atoms with Crippen molar-refractivity contribution in [2.24, 2.45) is 5.73 Å². The van der Waals surface area contributed by atoms with Gasteiger partial charge in [-0.2, -0.15) is 0 Å². The summed E-state index contributed by atoms with van der Waals surface area (Å²) in [7, 11) is 0. The van der Waals surface area contributed by atoms with Crippen LogP contribution in [0.15, 0.2) is 36.4 Å². The molecule has 0 atom stereocenters. The van der Waals surface area contributed by atoms with Gasteiger partial charge < -0.3 is 16.2 Å². The Morgan fingerprint density at radius 3 is 2.65 bits per heavy atom. The SMILES string of the molecule is Cc1ccc(C(=O)Nc2ccc(CN)cc2F)c(O)c1. The Hall–Kier alpha value is -2.40. The fourth-order valence-electron chi connectivity index (χ4n) is 1.81. The van der Waals surface area contributed by atoms with Gasteiger partial charge in [0, 0.05) is 6.54 Å². The Morgan fingerprint density at radius 1 is 1.30 bits per heavy atom. The number of carbonyl (C=O) groups excluding carboxylic acids is 1. The molecule has 0 unspecified atom stereocenters. The third-order valence-corrected chi connectivity index (χ3v) is 2.92. The number of aryl methyl sites for hydroxylation is 1. The summed E-state index contributed by atoms with van der Waals surface area (Å²) in [6, 6.07) is 9.01. The van der Waals surface area contributed by atoms with E-state index in [0.29, 0.717) is 5.56 Å². The van der Waals surface area contributed by atoms with Crippen LogP contribution < -0.4 is 11.1 Å². The van der Waals surface area contributed by atoms with E-state index in [1.54, 1.807) is 19.1 Å². The van der Waals surface area contributed by atoms with E-state index in [-0.39, 0.29) is 23.5 Å². The van der Waals surface area contributed by atoms with E-state index in [4.69, 9.17) is 5.73 Å². The highest BCUT2D eigenvalue weighted by atomic mass is 19.1. The van der Waals surface area contributed by atoms with Crippen LogP contribution in [0.5, 0.6) is 5.75 Å². The summed E-state index contributed by atoms with van der Waals surface area (Å²) >= 11 is 0. The van der Waals surface area contributed by atoms with Crippen LogP contribution in [0.3, 0.4) is 0 Å². The Kier molecular flexibility index (Phi) is 4.00. The van der Waals surface area contributed by atoms with E-state index in [1.165, 1.54) is 24.3 Å². The number of benzene rings is 2. The third-order valence-electron chi connectivity index (χ3n) is 2.92. The van der Waals surface area contributed by atoms with Gasteiger partial charge in [-0.3, -0.25) is 4.79 Å². The highest BCUT2D eigenvalue weighted by molar-refractivity contribution is 6.06. The van der Waals surface area contributed by atoms with Crippen molar-refractivity contribution >= 4 is 11.6 Å². The van der Waals surface area contributed by atoms with Gasteiger partial charge in [0.1, 0.15) is 11.6 Å². The first-order valence-electron chi connectivity index (χ1n) is 6.10. The van der Waals surface area contributed by atoms with Crippen LogP contribution in [0.25, 0.3) is 0 Å². The van der Waals surface area contributed by atoms with Crippen LogP contribution in [0.1, 0.15) is 21.5 Å². The number of carbonyl (C=O) groups is 1. The van der Waals surface area contributed by atoms with Crippen molar-refractivity contribution < 1.29 is 14.3 Å². The molecule has 1 amide bonds. The number of phenolic OH excluding ortho intramolecular Hbond substituents is 1. The molecular weight excluding hydrogens is 259 g/mol. The molecule has 2 aromatic carbocycles. The summed E-state index contributed by atoms with van der Waals surface area (Å²) in [5, 5.41) is 12.1. The van der Waals surface area contributed by atoms with Crippen LogP contribution in [-0.2, 0) is 6.54 Å². The van der Waals surface area contributed by atoms with Gasteiger partial charge in [0.05, 0.1) is 11.3 Å². The largest absolute Gasteiger partial charge is 0.507 e. The predicted molar refractivity (Wildman–Crippen MR) is 75.1 cm³/mol. The first kappa shape index (κ1) is 14.0. The van der Waals surface area contributed by atoms with Crippen molar-refractivity contribution in [1.29, 1.82) is 0 Å². The number of aromatic hydroxyl groups is 1. The van der Waals surface area contributed by atoms with Crippen molar-refractivity contribution in [2.45, 2.75) is 13.5 Å². The van der Waals surface area contributed by atoms with Gasteiger partial charge in [-0.1, -0.05) is 12.1 Å². The number of amides is 1. The highest BCUT2D eigenvalue weighted by Gasteiger charge is 2.13. The molecule has 0 aliphatic carbocycles. The van der Waals surface area contributed by atoms with E-state index >= 15 is 0 Å². The minimum absolute atomic E-state index is 0.0483. The minimum atomic E-state index is -0.568. The van der Waals surface area contributed by atoms with E-state index in [0.717, 1.165) is 5.56 Å². The molecule has 0 spiro atoms. The van der Waals surface area contributed by atoms with E-state index in [2.05, 4.69) is 5.32 Å². The molecule has 20 heavy (non-hydrogen) atoms. The van der Waals surface area contributed by atoms with E-state index in [9.17, 15) is 14.3 Å². The molecule has 2 rings (SSSR count). The summed E-state index contributed by atoms with van der Waals surface area (Å²) in [5.41, 5.74) is 7.02. The molecule has 0 heterocycles. The number of halogens is 1. The molecule has 5 heteroatoms. The molecular formula is C15H15FN2O2. The van der Waals surface area contributed by atoms with Crippen molar-refractivity contribution in [1.82, 2.24) is 0 Å². The van der Waals surface area contributed by atoms with Gasteiger partial charge in [-0.15, -0.1) is 0 Å². The van der Waals surface area contributed by atoms with Gasteiger partial charge in [0.25, 0.3) is 5.91 Å².